The van der Waals surface area contributed by atoms with E-state index >= 15 is 0 Å². The highest BCUT2D eigenvalue weighted by Gasteiger charge is 2.12. The van der Waals surface area contributed by atoms with Gasteiger partial charge in [-0.15, -0.1) is 0 Å². The molecule has 0 aliphatic heterocycles. The molecule has 0 N–H and O–H groups in total. The molecule has 0 aliphatic rings. The zero-order valence-electron chi connectivity index (χ0n) is 6.33. The van der Waals surface area contributed by atoms with Crippen molar-refractivity contribution in [2.45, 2.75) is 6.29 Å². The van der Waals surface area contributed by atoms with Gasteiger partial charge in [0.05, 0.1) is 4.47 Å². The molecular weight excluding hydrogens is 212 g/mol. The van der Waals surface area contributed by atoms with E-state index in [1.165, 1.54) is 0 Å². The van der Waals surface area contributed by atoms with Gasteiger partial charge in [-0.1, -0.05) is 0 Å². The van der Waals surface area contributed by atoms with Crippen molar-refractivity contribution in [2.75, 3.05) is 14.2 Å². The van der Waals surface area contributed by atoms with Crippen LogP contribution >= 0.6 is 15.9 Å². The average Bonchev–Trinajstić information content (AvgIpc) is 2.39. The minimum atomic E-state index is -0.415. The fourth-order valence-corrected chi connectivity index (χ4v) is 1.10. The second-order valence-electron chi connectivity index (χ2n) is 1.97. The molecule has 62 valence electrons. The first-order chi connectivity index (χ1) is 5.27. The predicted octanol–water partition coefficient (Wildman–Crippen LogP) is 2.33. The van der Waals surface area contributed by atoms with Crippen LogP contribution in [-0.2, 0) is 9.47 Å². The van der Waals surface area contributed by atoms with Gasteiger partial charge in [0, 0.05) is 14.2 Å². The quantitative estimate of drug-likeness (QED) is 0.734. The lowest BCUT2D eigenvalue weighted by molar-refractivity contribution is -0.117. The summed E-state index contributed by atoms with van der Waals surface area (Å²) in [5, 5.41) is 0. The van der Waals surface area contributed by atoms with Crippen LogP contribution in [0.5, 0.6) is 0 Å². The molecule has 1 aromatic rings. The summed E-state index contributed by atoms with van der Waals surface area (Å²) in [5.74, 6) is 0.655. The highest BCUT2D eigenvalue weighted by molar-refractivity contribution is 9.10. The van der Waals surface area contributed by atoms with Gasteiger partial charge in [-0.3, -0.25) is 0 Å². The number of methoxy groups -OCH3 is 2. The lowest BCUT2D eigenvalue weighted by Crippen LogP contribution is -2.01. The largest absolute Gasteiger partial charge is 0.463 e. The summed E-state index contributed by atoms with van der Waals surface area (Å²) >= 11 is 3.25. The van der Waals surface area contributed by atoms with Gasteiger partial charge < -0.3 is 13.9 Å². The van der Waals surface area contributed by atoms with Crippen molar-refractivity contribution in [1.82, 2.24) is 0 Å². The number of halogens is 1. The lowest BCUT2D eigenvalue weighted by Gasteiger charge is -2.08. The van der Waals surface area contributed by atoms with Crippen LogP contribution in [0.4, 0.5) is 0 Å². The molecule has 0 aromatic carbocycles. The van der Waals surface area contributed by atoms with Gasteiger partial charge in [-0.05, 0) is 22.0 Å². The molecule has 0 radical (unpaired) electrons. The summed E-state index contributed by atoms with van der Waals surface area (Å²) in [6, 6.07) is 1.80. The Balaban J connectivity index is 2.73. The average molecular weight is 221 g/mol. The minimum absolute atomic E-state index is 0.415. The van der Waals surface area contributed by atoms with E-state index in [9.17, 15) is 0 Å². The first kappa shape index (κ1) is 8.77. The molecule has 1 heterocycles. The summed E-state index contributed by atoms with van der Waals surface area (Å²) < 4.78 is 15.9. The standard InChI is InChI=1S/C7H9BrO3/c1-9-7(10-2)6-3-5(8)4-11-6/h3-4,7H,1-2H3. The molecule has 0 amide bonds. The second kappa shape index (κ2) is 3.90. The van der Waals surface area contributed by atoms with Crippen molar-refractivity contribution < 1.29 is 13.9 Å². The summed E-state index contributed by atoms with van der Waals surface area (Å²) in [5.41, 5.74) is 0. The third-order valence-corrected chi connectivity index (χ3v) is 1.66. The van der Waals surface area contributed by atoms with Crippen LogP contribution in [0.1, 0.15) is 12.1 Å². The molecule has 3 nitrogen and oxygen atoms in total. The summed E-state index contributed by atoms with van der Waals surface area (Å²) in [6.07, 6.45) is 1.17. The molecule has 0 atom stereocenters. The number of rotatable bonds is 3. The van der Waals surface area contributed by atoms with Crippen molar-refractivity contribution in [3.8, 4) is 0 Å². The zero-order chi connectivity index (χ0) is 8.27. The lowest BCUT2D eigenvalue weighted by atomic mass is 10.4. The van der Waals surface area contributed by atoms with E-state index in [-0.39, 0.29) is 0 Å². The molecule has 0 aliphatic carbocycles. The maximum Gasteiger partial charge on any atom is 0.216 e. The van der Waals surface area contributed by atoms with Gasteiger partial charge in [0.25, 0.3) is 0 Å². The molecule has 0 unspecified atom stereocenters. The molecular formula is C7H9BrO3. The number of furan rings is 1. The third-order valence-electron chi connectivity index (χ3n) is 1.25. The van der Waals surface area contributed by atoms with Crippen LogP contribution in [0.3, 0.4) is 0 Å². The Morgan fingerprint density at radius 1 is 1.45 bits per heavy atom. The highest BCUT2D eigenvalue weighted by atomic mass is 79.9. The Bertz CT molecular complexity index is 217. The smallest absolute Gasteiger partial charge is 0.216 e. The van der Waals surface area contributed by atoms with Crippen molar-refractivity contribution in [2.24, 2.45) is 0 Å². The fraction of sp³-hybridized carbons (Fsp3) is 0.429. The summed E-state index contributed by atoms with van der Waals surface area (Å²) in [4.78, 5) is 0. The molecule has 1 rings (SSSR count). The third kappa shape index (κ3) is 2.05. The normalized spacial score (nSPS) is 10.9. The Morgan fingerprint density at radius 2 is 2.09 bits per heavy atom. The highest BCUT2D eigenvalue weighted by Crippen LogP contribution is 2.22. The number of ether oxygens (including phenoxy) is 2. The van der Waals surface area contributed by atoms with E-state index in [0.717, 1.165) is 4.47 Å². The van der Waals surface area contributed by atoms with Crippen molar-refractivity contribution in [1.29, 1.82) is 0 Å². The zero-order valence-corrected chi connectivity index (χ0v) is 7.92. The van der Waals surface area contributed by atoms with E-state index in [4.69, 9.17) is 13.9 Å². The molecule has 0 saturated heterocycles. The monoisotopic (exact) mass is 220 g/mol. The van der Waals surface area contributed by atoms with Crippen LogP contribution < -0.4 is 0 Å². The van der Waals surface area contributed by atoms with Gasteiger partial charge >= 0.3 is 0 Å². The van der Waals surface area contributed by atoms with Gasteiger partial charge in [-0.2, -0.15) is 0 Å². The van der Waals surface area contributed by atoms with Crippen LogP contribution in [0, 0.1) is 0 Å². The summed E-state index contributed by atoms with van der Waals surface area (Å²) in [6.45, 7) is 0. The van der Waals surface area contributed by atoms with Crippen molar-refractivity contribution >= 4 is 15.9 Å². The van der Waals surface area contributed by atoms with Gasteiger partial charge in [0.1, 0.15) is 6.26 Å². The number of hydrogen-bond acceptors (Lipinski definition) is 3. The molecule has 0 bridgehead atoms. The second-order valence-corrected chi connectivity index (χ2v) is 2.89. The van der Waals surface area contributed by atoms with Gasteiger partial charge in [0.15, 0.2) is 5.76 Å². The van der Waals surface area contributed by atoms with Crippen LogP contribution in [0.25, 0.3) is 0 Å². The van der Waals surface area contributed by atoms with E-state index in [1.807, 2.05) is 0 Å². The molecule has 4 heteroatoms. The van der Waals surface area contributed by atoms with Crippen LogP contribution in [-0.4, -0.2) is 14.2 Å². The summed E-state index contributed by atoms with van der Waals surface area (Å²) in [7, 11) is 3.12. The van der Waals surface area contributed by atoms with E-state index in [0.29, 0.717) is 5.76 Å². The van der Waals surface area contributed by atoms with E-state index in [2.05, 4.69) is 15.9 Å². The Kier molecular flexibility index (Phi) is 3.11. The van der Waals surface area contributed by atoms with E-state index in [1.54, 1.807) is 26.5 Å². The van der Waals surface area contributed by atoms with Gasteiger partial charge in [0.2, 0.25) is 6.29 Å². The maximum atomic E-state index is 5.11. The van der Waals surface area contributed by atoms with Gasteiger partial charge in [-0.25, -0.2) is 0 Å². The molecule has 0 saturated carbocycles. The molecule has 1 aromatic heterocycles. The first-order valence-corrected chi connectivity index (χ1v) is 3.86. The fourth-order valence-electron chi connectivity index (χ4n) is 0.780. The number of hydrogen-bond donors (Lipinski definition) is 0. The van der Waals surface area contributed by atoms with Crippen LogP contribution in [0.2, 0.25) is 0 Å². The Hall–Kier alpha value is -0.320. The van der Waals surface area contributed by atoms with Crippen molar-refractivity contribution in [3.05, 3.63) is 22.6 Å². The maximum absolute atomic E-state index is 5.11. The van der Waals surface area contributed by atoms with Crippen LogP contribution in [0.15, 0.2) is 21.2 Å². The predicted molar refractivity (Wildman–Crippen MR) is 43.2 cm³/mol. The first-order valence-electron chi connectivity index (χ1n) is 3.07. The molecule has 0 spiro atoms. The topological polar surface area (TPSA) is 31.6 Å². The Labute approximate surface area is 73.4 Å². The van der Waals surface area contributed by atoms with Crippen molar-refractivity contribution in [3.63, 3.8) is 0 Å². The minimum Gasteiger partial charge on any atom is -0.463 e. The molecule has 0 fully saturated rings. The van der Waals surface area contributed by atoms with E-state index < -0.39 is 6.29 Å². The Morgan fingerprint density at radius 3 is 2.45 bits per heavy atom. The molecule has 11 heavy (non-hydrogen) atoms. The SMILES string of the molecule is COC(OC)c1cc(Br)co1.